The van der Waals surface area contributed by atoms with Gasteiger partial charge in [0.1, 0.15) is 6.04 Å². The summed E-state index contributed by atoms with van der Waals surface area (Å²) in [7, 11) is 0. The Balaban J connectivity index is 3.64. The molecule has 3 nitrogen and oxygen atoms in total. The highest BCUT2D eigenvalue weighted by molar-refractivity contribution is 5.75. The SMILES string of the molecule is C/C=C\C(N)C(=O)O. The summed E-state index contributed by atoms with van der Waals surface area (Å²) in [6.07, 6.45) is 3.03. The number of carbonyl (C=O) groups is 1. The van der Waals surface area contributed by atoms with E-state index in [1.165, 1.54) is 6.08 Å². The highest BCUT2D eigenvalue weighted by atomic mass is 16.4. The fourth-order valence-electron chi connectivity index (χ4n) is 0.290. The molecule has 0 aliphatic carbocycles. The van der Waals surface area contributed by atoms with Crippen LogP contribution >= 0.6 is 0 Å². The largest absolute Gasteiger partial charge is 0.480 e. The second kappa shape index (κ2) is 3.21. The Kier molecular flexibility index (Phi) is 2.88. The van der Waals surface area contributed by atoms with Crippen LogP contribution in [-0.2, 0) is 4.79 Å². The summed E-state index contributed by atoms with van der Waals surface area (Å²) in [6.45, 7) is 1.72. The van der Waals surface area contributed by atoms with Gasteiger partial charge in [-0.15, -0.1) is 0 Å². The summed E-state index contributed by atoms with van der Waals surface area (Å²) in [5.41, 5.74) is 5.04. The summed E-state index contributed by atoms with van der Waals surface area (Å²) in [6, 6.07) is -0.847. The second-order valence-corrected chi connectivity index (χ2v) is 1.39. The number of carboxylic acids is 1. The van der Waals surface area contributed by atoms with E-state index >= 15 is 0 Å². The van der Waals surface area contributed by atoms with E-state index in [1.807, 2.05) is 0 Å². The lowest BCUT2D eigenvalue weighted by molar-refractivity contribution is -0.137. The number of hydrogen-bond donors (Lipinski definition) is 2. The van der Waals surface area contributed by atoms with Crippen LogP contribution in [-0.4, -0.2) is 17.1 Å². The molecule has 0 saturated heterocycles. The number of aliphatic carboxylic acids is 1. The summed E-state index contributed by atoms with van der Waals surface area (Å²) in [4.78, 5) is 9.91. The van der Waals surface area contributed by atoms with Gasteiger partial charge in [-0.05, 0) is 6.92 Å². The lowest BCUT2D eigenvalue weighted by atomic mass is 10.3. The lowest BCUT2D eigenvalue weighted by Crippen LogP contribution is -2.27. The van der Waals surface area contributed by atoms with Crippen LogP contribution in [0.25, 0.3) is 0 Å². The molecule has 0 heterocycles. The van der Waals surface area contributed by atoms with E-state index in [4.69, 9.17) is 10.8 Å². The third-order valence-electron chi connectivity index (χ3n) is 0.685. The zero-order valence-corrected chi connectivity index (χ0v) is 4.66. The van der Waals surface area contributed by atoms with Crippen molar-refractivity contribution in [2.45, 2.75) is 13.0 Å². The Morgan fingerprint density at radius 2 is 2.38 bits per heavy atom. The first kappa shape index (κ1) is 7.17. The van der Waals surface area contributed by atoms with E-state index in [1.54, 1.807) is 13.0 Å². The molecule has 0 aliphatic rings. The smallest absolute Gasteiger partial charge is 0.324 e. The van der Waals surface area contributed by atoms with Crippen molar-refractivity contribution in [3.05, 3.63) is 12.2 Å². The monoisotopic (exact) mass is 115 g/mol. The molecular weight excluding hydrogens is 106 g/mol. The van der Waals surface area contributed by atoms with Gasteiger partial charge in [0.05, 0.1) is 0 Å². The minimum atomic E-state index is -0.997. The number of allylic oxidation sites excluding steroid dienone is 1. The van der Waals surface area contributed by atoms with Gasteiger partial charge in [0.2, 0.25) is 0 Å². The topological polar surface area (TPSA) is 63.3 Å². The van der Waals surface area contributed by atoms with Gasteiger partial charge in [0.15, 0.2) is 0 Å². The number of rotatable bonds is 2. The maximum atomic E-state index is 9.91. The second-order valence-electron chi connectivity index (χ2n) is 1.39. The first-order valence-corrected chi connectivity index (χ1v) is 2.29. The van der Waals surface area contributed by atoms with Gasteiger partial charge in [0, 0.05) is 0 Å². The molecule has 1 unspecified atom stereocenters. The highest BCUT2D eigenvalue weighted by Crippen LogP contribution is 1.79. The van der Waals surface area contributed by atoms with Crippen molar-refractivity contribution >= 4 is 5.97 Å². The molecule has 0 saturated carbocycles. The molecule has 0 aliphatic heterocycles. The molecule has 0 aromatic carbocycles. The molecule has 0 amide bonds. The van der Waals surface area contributed by atoms with Crippen LogP contribution < -0.4 is 5.73 Å². The summed E-state index contributed by atoms with van der Waals surface area (Å²) in [5.74, 6) is -0.997. The first-order valence-electron chi connectivity index (χ1n) is 2.29. The van der Waals surface area contributed by atoms with Crippen molar-refractivity contribution in [2.75, 3.05) is 0 Å². The minimum absolute atomic E-state index is 0.847. The van der Waals surface area contributed by atoms with Crippen molar-refractivity contribution in [3.63, 3.8) is 0 Å². The normalized spacial score (nSPS) is 14.2. The summed E-state index contributed by atoms with van der Waals surface area (Å²) >= 11 is 0. The number of nitrogens with two attached hydrogens (primary N) is 1. The van der Waals surface area contributed by atoms with Crippen LogP contribution in [0.15, 0.2) is 12.2 Å². The zero-order valence-electron chi connectivity index (χ0n) is 4.66. The molecule has 8 heavy (non-hydrogen) atoms. The molecule has 0 aromatic heterocycles. The summed E-state index contributed by atoms with van der Waals surface area (Å²) in [5, 5.41) is 8.14. The predicted octanol–water partition coefficient (Wildman–Crippen LogP) is -0.0256. The standard InChI is InChI=1S/C5H9NO2/c1-2-3-4(6)5(7)8/h2-4H,6H2,1H3,(H,7,8)/b3-2-. The Bertz CT molecular complexity index is 109. The molecule has 0 radical (unpaired) electrons. The predicted molar refractivity (Wildman–Crippen MR) is 30.4 cm³/mol. The van der Waals surface area contributed by atoms with E-state index in [-0.39, 0.29) is 0 Å². The van der Waals surface area contributed by atoms with Gasteiger partial charge < -0.3 is 10.8 Å². The van der Waals surface area contributed by atoms with Crippen LogP contribution in [0, 0.1) is 0 Å². The first-order chi connectivity index (χ1) is 3.68. The van der Waals surface area contributed by atoms with Gasteiger partial charge in [-0.1, -0.05) is 12.2 Å². The fraction of sp³-hybridized carbons (Fsp3) is 0.400. The molecule has 0 fully saturated rings. The molecule has 0 spiro atoms. The lowest BCUT2D eigenvalue weighted by Gasteiger charge is -1.94. The van der Waals surface area contributed by atoms with Crippen LogP contribution in [0.4, 0.5) is 0 Å². The van der Waals surface area contributed by atoms with Crippen molar-refractivity contribution in [2.24, 2.45) is 5.73 Å². The van der Waals surface area contributed by atoms with Gasteiger partial charge in [-0.25, -0.2) is 0 Å². The van der Waals surface area contributed by atoms with E-state index < -0.39 is 12.0 Å². The molecule has 3 N–H and O–H groups in total. The van der Waals surface area contributed by atoms with Gasteiger partial charge >= 0.3 is 5.97 Å². The van der Waals surface area contributed by atoms with E-state index in [9.17, 15) is 4.79 Å². The molecule has 0 aromatic rings. The van der Waals surface area contributed by atoms with Crippen LogP contribution in [0.2, 0.25) is 0 Å². The Morgan fingerprint density at radius 3 is 2.50 bits per heavy atom. The number of hydrogen-bond acceptors (Lipinski definition) is 2. The van der Waals surface area contributed by atoms with E-state index in [0.717, 1.165) is 0 Å². The Morgan fingerprint density at radius 1 is 1.88 bits per heavy atom. The van der Waals surface area contributed by atoms with Crippen molar-refractivity contribution in [3.8, 4) is 0 Å². The van der Waals surface area contributed by atoms with Crippen LogP contribution in [0.1, 0.15) is 6.92 Å². The van der Waals surface area contributed by atoms with Crippen molar-refractivity contribution in [1.82, 2.24) is 0 Å². The molecule has 1 atom stereocenters. The van der Waals surface area contributed by atoms with E-state index in [2.05, 4.69) is 0 Å². The van der Waals surface area contributed by atoms with Crippen LogP contribution in [0.3, 0.4) is 0 Å². The molecule has 46 valence electrons. The van der Waals surface area contributed by atoms with Crippen LogP contribution in [0.5, 0.6) is 0 Å². The quantitative estimate of drug-likeness (QED) is 0.497. The van der Waals surface area contributed by atoms with E-state index in [0.29, 0.717) is 0 Å². The minimum Gasteiger partial charge on any atom is -0.480 e. The van der Waals surface area contributed by atoms with Gasteiger partial charge in [-0.2, -0.15) is 0 Å². The maximum Gasteiger partial charge on any atom is 0.324 e. The Labute approximate surface area is 47.8 Å². The molecular formula is C5H9NO2. The molecule has 3 heteroatoms. The highest BCUT2D eigenvalue weighted by Gasteiger charge is 2.03. The third kappa shape index (κ3) is 2.36. The van der Waals surface area contributed by atoms with Crippen molar-refractivity contribution < 1.29 is 9.90 Å². The zero-order chi connectivity index (χ0) is 6.57. The molecule has 0 rings (SSSR count). The van der Waals surface area contributed by atoms with Gasteiger partial charge in [0.25, 0.3) is 0 Å². The number of carboxylic acid groups (broad SMARTS) is 1. The fourth-order valence-corrected chi connectivity index (χ4v) is 0.290. The van der Waals surface area contributed by atoms with Gasteiger partial charge in [-0.3, -0.25) is 4.79 Å². The average Bonchev–Trinajstić information content (AvgIpc) is 1.67. The average molecular weight is 115 g/mol. The maximum absolute atomic E-state index is 9.91. The molecule has 0 bridgehead atoms. The van der Waals surface area contributed by atoms with Crippen molar-refractivity contribution in [1.29, 1.82) is 0 Å². The Hall–Kier alpha value is -0.830. The summed E-state index contributed by atoms with van der Waals surface area (Å²) < 4.78 is 0. The third-order valence-corrected chi connectivity index (χ3v) is 0.685.